The number of aliphatic hydroxyl groups is 1. The van der Waals surface area contributed by atoms with Crippen molar-refractivity contribution in [3.8, 4) is 0 Å². The van der Waals surface area contributed by atoms with Crippen molar-refractivity contribution in [2.75, 3.05) is 6.54 Å². The molecular weight excluding hydrogens is 212 g/mol. The van der Waals surface area contributed by atoms with Crippen LogP contribution in [0.5, 0.6) is 0 Å². The Morgan fingerprint density at radius 3 is 2.44 bits per heavy atom. The van der Waals surface area contributed by atoms with Gasteiger partial charge in [-0.1, -0.05) is 6.92 Å². The molecule has 4 atom stereocenters. The number of aliphatic carboxylic acids is 1. The third-order valence-electron chi connectivity index (χ3n) is 3.03. The van der Waals surface area contributed by atoms with Crippen molar-refractivity contribution in [3.63, 3.8) is 0 Å². The standard InChI is InChI=1S/C10H18N2O4/c1-5(6(2)11)9(14)12-4-7(13)3-8(12)10(15)16/h5-8,13H,3-4,11H2,1-2H3,(H,15,16). The maximum Gasteiger partial charge on any atom is 0.326 e. The molecule has 0 saturated carbocycles. The van der Waals surface area contributed by atoms with Gasteiger partial charge < -0.3 is 20.8 Å². The molecule has 1 aliphatic rings. The van der Waals surface area contributed by atoms with Crippen molar-refractivity contribution in [1.29, 1.82) is 0 Å². The average Bonchev–Trinajstić information content (AvgIpc) is 2.58. The lowest BCUT2D eigenvalue weighted by Gasteiger charge is -2.26. The van der Waals surface area contributed by atoms with Crippen LogP contribution in [-0.2, 0) is 9.59 Å². The van der Waals surface area contributed by atoms with Gasteiger partial charge in [-0.15, -0.1) is 0 Å². The van der Waals surface area contributed by atoms with Crippen LogP contribution in [0.3, 0.4) is 0 Å². The third kappa shape index (κ3) is 2.51. The Hall–Kier alpha value is -1.14. The Bertz CT molecular complexity index is 293. The minimum atomic E-state index is -1.08. The molecule has 0 aliphatic carbocycles. The van der Waals surface area contributed by atoms with Gasteiger partial charge in [-0.05, 0) is 6.92 Å². The maximum atomic E-state index is 11.9. The van der Waals surface area contributed by atoms with E-state index < -0.39 is 24.0 Å². The topological polar surface area (TPSA) is 104 Å². The number of carboxylic acids is 1. The van der Waals surface area contributed by atoms with Crippen molar-refractivity contribution in [2.24, 2.45) is 11.7 Å². The molecule has 0 radical (unpaired) electrons. The molecule has 1 heterocycles. The molecular formula is C10H18N2O4. The summed E-state index contributed by atoms with van der Waals surface area (Å²) in [5.74, 6) is -1.83. The highest BCUT2D eigenvalue weighted by molar-refractivity contribution is 5.86. The van der Waals surface area contributed by atoms with Gasteiger partial charge in [-0.3, -0.25) is 4.79 Å². The number of β-amino-alcohol motifs (C(OH)–C–C–N with tert-alkyl or cyclic N) is 1. The van der Waals surface area contributed by atoms with Gasteiger partial charge in [0.25, 0.3) is 0 Å². The van der Waals surface area contributed by atoms with Gasteiger partial charge in [-0.25, -0.2) is 4.79 Å². The number of carboxylic acid groups (broad SMARTS) is 1. The Labute approximate surface area is 94.0 Å². The Kier molecular flexibility index (Phi) is 3.88. The number of amides is 1. The monoisotopic (exact) mass is 230 g/mol. The van der Waals surface area contributed by atoms with E-state index in [1.807, 2.05) is 0 Å². The first kappa shape index (κ1) is 12.9. The molecule has 1 saturated heterocycles. The highest BCUT2D eigenvalue weighted by Crippen LogP contribution is 2.21. The molecule has 4 unspecified atom stereocenters. The van der Waals surface area contributed by atoms with E-state index in [4.69, 9.17) is 10.8 Å². The predicted molar refractivity (Wildman–Crippen MR) is 56.6 cm³/mol. The number of carbonyl (C=O) groups is 2. The SMILES string of the molecule is CC(N)C(C)C(=O)N1CC(O)CC1C(=O)O. The van der Waals surface area contributed by atoms with Crippen LogP contribution >= 0.6 is 0 Å². The van der Waals surface area contributed by atoms with E-state index in [0.29, 0.717) is 0 Å². The van der Waals surface area contributed by atoms with E-state index in [1.165, 1.54) is 4.90 Å². The van der Waals surface area contributed by atoms with Gasteiger partial charge in [0, 0.05) is 19.0 Å². The molecule has 92 valence electrons. The zero-order chi connectivity index (χ0) is 12.5. The molecule has 1 aliphatic heterocycles. The smallest absolute Gasteiger partial charge is 0.326 e. The minimum absolute atomic E-state index is 0.0763. The van der Waals surface area contributed by atoms with Crippen LogP contribution in [0.2, 0.25) is 0 Å². The van der Waals surface area contributed by atoms with Crippen LogP contribution in [0.1, 0.15) is 20.3 Å². The van der Waals surface area contributed by atoms with Gasteiger partial charge in [0.05, 0.1) is 12.0 Å². The fraction of sp³-hybridized carbons (Fsp3) is 0.800. The van der Waals surface area contributed by atoms with Crippen LogP contribution in [-0.4, -0.2) is 51.7 Å². The average molecular weight is 230 g/mol. The lowest BCUT2D eigenvalue weighted by molar-refractivity contribution is -0.149. The van der Waals surface area contributed by atoms with Crippen LogP contribution in [0.4, 0.5) is 0 Å². The number of carbonyl (C=O) groups excluding carboxylic acids is 1. The van der Waals surface area contributed by atoms with Crippen molar-refractivity contribution < 1.29 is 19.8 Å². The van der Waals surface area contributed by atoms with E-state index in [1.54, 1.807) is 13.8 Å². The largest absolute Gasteiger partial charge is 0.480 e. The van der Waals surface area contributed by atoms with Crippen LogP contribution in [0.25, 0.3) is 0 Å². The summed E-state index contributed by atoms with van der Waals surface area (Å²) in [5.41, 5.74) is 5.60. The molecule has 1 rings (SSSR count). The van der Waals surface area contributed by atoms with Crippen molar-refractivity contribution in [1.82, 2.24) is 4.90 Å². The van der Waals surface area contributed by atoms with Crippen LogP contribution < -0.4 is 5.73 Å². The van der Waals surface area contributed by atoms with Crippen molar-refractivity contribution in [2.45, 2.75) is 38.5 Å². The lowest BCUT2D eigenvalue weighted by Crippen LogP contribution is -2.46. The number of likely N-dealkylation sites (tertiary alicyclic amines) is 1. The van der Waals surface area contributed by atoms with Crippen LogP contribution in [0, 0.1) is 5.92 Å². The molecule has 16 heavy (non-hydrogen) atoms. The summed E-state index contributed by atoms with van der Waals surface area (Å²) in [5, 5.41) is 18.3. The summed E-state index contributed by atoms with van der Waals surface area (Å²) in [6.07, 6.45) is -0.669. The fourth-order valence-corrected chi connectivity index (χ4v) is 1.78. The molecule has 4 N–H and O–H groups in total. The number of hydrogen-bond donors (Lipinski definition) is 3. The second-order valence-corrected chi connectivity index (χ2v) is 4.38. The predicted octanol–water partition coefficient (Wildman–Crippen LogP) is -0.984. The molecule has 0 spiro atoms. The number of rotatable bonds is 3. The minimum Gasteiger partial charge on any atom is -0.480 e. The van der Waals surface area contributed by atoms with Gasteiger partial charge in [0.15, 0.2) is 0 Å². The number of hydrogen-bond acceptors (Lipinski definition) is 4. The van der Waals surface area contributed by atoms with E-state index in [2.05, 4.69) is 0 Å². The maximum absolute atomic E-state index is 11.9. The van der Waals surface area contributed by atoms with Gasteiger partial charge in [0.1, 0.15) is 6.04 Å². The van der Waals surface area contributed by atoms with E-state index in [0.717, 1.165) is 0 Å². The molecule has 0 aromatic carbocycles. The molecule has 1 fully saturated rings. The van der Waals surface area contributed by atoms with Gasteiger partial charge >= 0.3 is 5.97 Å². The van der Waals surface area contributed by atoms with E-state index in [9.17, 15) is 14.7 Å². The molecule has 0 aromatic heterocycles. The van der Waals surface area contributed by atoms with Crippen molar-refractivity contribution >= 4 is 11.9 Å². The van der Waals surface area contributed by atoms with E-state index in [-0.39, 0.29) is 24.9 Å². The number of nitrogens with two attached hydrogens (primary N) is 1. The summed E-state index contributed by atoms with van der Waals surface area (Å²) in [6, 6.07) is -1.26. The molecule has 1 amide bonds. The first-order valence-electron chi connectivity index (χ1n) is 5.31. The fourth-order valence-electron chi connectivity index (χ4n) is 1.78. The highest BCUT2D eigenvalue weighted by atomic mass is 16.4. The van der Waals surface area contributed by atoms with Gasteiger partial charge in [-0.2, -0.15) is 0 Å². The Morgan fingerprint density at radius 2 is 2.00 bits per heavy atom. The first-order chi connectivity index (χ1) is 7.34. The van der Waals surface area contributed by atoms with Gasteiger partial charge in [0.2, 0.25) is 5.91 Å². The number of nitrogens with zero attached hydrogens (tertiary/aromatic N) is 1. The van der Waals surface area contributed by atoms with Crippen molar-refractivity contribution in [3.05, 3.63) is 0 Å². The Balaban J connectivity index is 2.78. The summed E-state index contributed by atoms with van der Waals surface area (Å²) in [7, 11) is 0. The summed E-state index contributed by atoms with van der Waals surface area (Å²) >= 11 is 0. The zero-order valence-corrected chi connectivity index (χ0v) is 9.46. The normalized spacial score (nSPS) is 28.9. The Morgan fingerprint density at radius 1 is 1.44 bits per heavy atom. The number of aliphatic hydroxyl groups excluding tert-OH is 1. The lowest BCUT2D eigenvalue weighted by atomic mass is 10.0. The third-order valence-corrected chi connectivity index (χ3v) is 3.03. The summed E-state index contributed by atoms with van der Waals surface area (Å²) in [6.45, 7) is 3.44. The second kappa shape index (κ2) is 4.80. The quantitative estimate of drug-likeness (QED) is 0.578. The first-order valence-corrected chi connectivity index (χ1v) is 5.31. The highest BCUT2D eigenvalue weighted by Gasteiger charge is 2.40. The molecule has 0 bridgehead atoms. The summed E-state index contributed by atoms with van der Waals surface area (Å²) in [4.78, 5) is 24.0. The van der Waals surface area contributed by atoms with Crippen LogP contribution in [0.15, 0.2) is 0 Å². The van der Waals surface area contributed by atoms with E-state index >= 15 is 0 Å². The second-order valence-electron chi connectivity index (χ2n) is 4.38. The zero-order valence-electron chi connectivity index (χ0n) is 9.46. The summed E-state index contributed by atoms with van der Waals surface area (Å²) < 4.78 is 0. The molecule has 6 heteroatoms. The molecule has 0 aromatic rings. The molecule has 6 nitrogen and oxygen atoms in total.